The van der Waals surface area contributed by atoms with E-state index < -0.39 is 0 Å². The lowest BCUT2D eigenvalue weighted by molar-refractivity contribution is 0.112. The second kappa shape index (κ2) is 4.82. The van der Waals surface area contributed by atoms with E-state index in [0.717, 1.165) is 11.3 Å². The Morgan fingerprint density at radius 1 is 1.12 bits per heavy atom. The van der Waals surface area contributed by atoms with Crippen LogP contribution in [0.1, 0.15) is 9.67 Å². The molecule has 1 aromatic carbocycles. The normalized spacial score (nSPS) is 10.5. The molecule has 17 heavy (non-hydrogen) atoms. The molecule has 0 aliphatic rings. The molecule has 2 aromatic rings. The molecule has 0 bridgehead atoms. The van der Waals surface area contributed by atoms with Crippen molar-refractivity contribution in [2.75, 3.05) is 0 Å². The number of nitrogens with zero attached hydrogens (tertiary/aromatic N) is 1. The van der Waals surface area contributed by atoms with Crippen LogP contribution in [0, 0.1) is 0 Å². The molecule has 0 unspecified atom stereocenters. The summed E-state index contributed by atoms with van der Waals surface area (Å²) >= 11 is 18.4. The number of hydrogen-bond acceptors (Lipinski definition) is 3. The van der Waals surface area contributed by atoms with Gasteiger partial charge in [-0.1, -0.05) is 46.1 Å². The first-order valence-electron chi connectivity index (χ1n) is 4.36. The summed E-state index contributed by atoms with van der Waals surface area (Å²) in [6.07, 6.45) is 0.539. The number of benzene rings is 1. The van der Waals surface area contributed by atoms with E-state index in [1.165, 1.54) is 4.57 Å². The van der Waals surface area contributed by atoms with Gasteiger partial charge in [-0.15, -0.1) is 0 Å². The van der Waals surface area contributed by atoms with E-state index in [-0.39, 0.29) is 14.9 Å². The van der Waals surface area contributed by atoms with Gasteiger partial charge in [0.1, 0.15) is 10.0 Å². The highest BCUT2D eigenvalue weighted by Gasteiger charge is 2.14. The van der Waals surface area contributed by atoms with Gasteiger partial charge >= 0.3 is 4.87 Å². The van der Waals surface area contributed by atoms with Crippen LogP contribution in [0.5, 0.6) is 0 Å². The van der Waals surface area contributed by atoms with E-state index in [2.05, 4.69) is 0 Å². The molecule has 1 aromatic heterocycles. The standard InChI is InChI=1S/C10H4Cl3NO2S/c11-5-1-6(12)3-7(2-5)14-9(13)8(4-15)17-10(14)16/h1-4H. The number of halogens is 3. The highest BCUT2D eigenvalue weighted by Crippen LogP contribution is 2.25. The maximum atomic E-state index is 11.7. The average molecular weight is 309 g/mol. The van der Waals surface area contributed by atoms with Gasteiger partial charge in [-0.25, -0.2) is 0 Å². The van der Waals surface area contributed by atoms with Crippen molar-refractivity contribution in [2.45, 2.75) is 0 Å². The molecule has 0 fully saturated rings. The summed E-state index contributed by atoms with van der Waals surface area (Å²) in [4.78, 5) is 22.2. The Morgan fingerprint density at radius 3 is 2.18 bits per heavy atom. The largest absolute Gasteiger partial charge is 0.313 e. The van der Waals surface area contributed by atoms with E-state index in [0.29, 0.717) is 22.0 Å². The zero-order valence-electron chi connectivity index (χ0n) is 8.12. The van der Waals surface area contributed by atoms with Gasteiger partial charge in [0.05, 0.1) is 5.69 Å². The highest BCUT2D eigenvalue weighted by molar-refractivity contribution is 7.11. The Balaban J connectivity index is 2.72. The minimum absolute atomic E-state index is 0.0633. The van der Waals surface area contributed by atoms with Crippen molar-refractivity contribution < 1.29 is 4.79 Å². The molecule has 0 saturated heterocycles. The van der Waals surface area contributed by atoms with Crippen LogP contribution >= 0.6 is 46.1 Å². The van der Waals surface area contributed by atoms with E-state index in [1.807, 2.05) is 0 Å². The number of carbonyl (C=O) groups is 1. The van der Waals surface area contributed by atoms with Crippen LogP contribution in [0.2, 0.25) is 15.2 Å². The van der Waals surface area contributed by atoms with Crippen molar-refractivity contribution in [3.05, 3.63) is 47.9 Å². The Labute approximate surface area is 115 Å². The maximum Gasteiger partial charge on any atom is 0.313 e. The van der Waals surface area contributed by atoms with Crippen molar-refractivity contribution in [3.63, 3.8) is 0 Å². The van der Waals surface area contributed by atoms with Crippen LogP contribution in [-0.4, -0.2) is 10.9 Å². The van der Waals surface area contributed by atoms with Gasteiger partial charge in [0, 0.05) is 10.0 Å². The minimum Gasteiger partial charge on any atom is -0.297 e. The molecular formula is C10H4Cl3NO2S. The van der Waals surface area contributed by atoms with Crippen LogP contribution in [-0.2, 0) is 0 Å². The smallest absolute Gasteiger partial charge is 0.297 e. The summed E-state index contributed by atoms with van der Waals surface area (Å²) in [5.41, 5.74) is 0.432. The highest BCUT2D eigenvalue weighted by atomic mass is 35.5. The minimum atomic E-state index is -0.365. The molecule has 0 atom stereocenters. The van der Waals surface area contributed by atoms with Crippen LogP contribution < -0.4 is 4.87 Å². The van der Waals surface area contributed by atoms with E-state index in [4.69, 9.17) is 34.8 Å². The van der Waals surface area contributed by atoms with Gasteiger partial charge in [0.25, 0.3) is 0 Å². The third-order valence-corrected chi connectivity index (χ3v) is 3.78. The van der Waals surface area contributed by atoms with Gasteiger partial charge in [-0.2, -0.15) is 0 Å². The molecule has 3 nitrogen and oxygen atoms in total. The Morgan fingerprint density at radius 2 is 1.71 bits per heavy atom. The third-order valence-electron chi connectivity index (χ3n) is 1.99. The SMILES string of the molecule is O=Cc1sc(=O)n(-c2cc(Cl)cc(Cl)c2)c1Cl. The Kier molecular flexibility index (Phi) is 3.58. The summed E-state index contributed by atoms with van der Waals surface area (Å²) in [5.74, 6) is 0. The zero-order valence-corrected chi connectivity index (χ0v) is 11.2. The predicted octanol–water partition coefficient (Wildman–Crippen LogP) is 3.67. The summed E-state index contributed by atoms with van der Waals surface area (Å²) in [6, 6.07) is 4.63. The van der Waals surface area contributed by atoms with Crippen LogP contribution in [0.25, 0.3) is 5.69 Å². The number of carbonyl (C=O) groups excluding carboxylic acids is 1. The maximum absolute atomic E-state index is 11.7. The fourth-order valence-corrected chi connectivity index (χ4v) is 2.93. The van der Waals surface area contributed by atoms with Gasteiger partial charge in [0.15, 0.2) is 6.29 Å². The summed E-state index contributed by atoms with van der Waals surface area (Å²) in [5, 5.41) is 0.831. The van der Waals surface area contributed by atoms with Crippen molar-refractivity contribution in [1.29, 1.82) is 0 Å². The number of rotatable bonds is 2. The van der Waals surface area contributed by atoms with Crippen LogP contribution in [0.4, 0.5) is 0 Å². The fourth-order valence-electron chi connectivity index (χ4n) is 1.33. The van der Waals surface area contributed by atoms with Gasteiger partial charge in [-0.05, 0) is 18.2 Å². The molecular weight excluding hydrogens is 305 g/mol. The lowest BCUT2D eigenvalue weighted by Crippen LogP contribution is -2.10. The second-order valence-electron chi connectivity index (χ2n) is 3.10. The number of thiazole rings is 1. The molecule has 1 heterocycles. The lowest BCUT2D eigenvalue weighted by atomic mass is 10.3. The quantitative estimate of drug-likeness (QED) is 0.794. The third kappa shape index (κ3) is 2.40. The van der Waals surface area contributed by atoms with Crippen molar-refractivity contribution in [3.8, 4) is 5.69 Å². The zero-order chi connectivity index (χ0) is 12.6. The van der Waals surface area contributed by atoms with Crippen molar-refractivity contribution >= 4 is 52.4 Å². The van der Waals surface area contributed by atoms with E-state index in [1.54, 1.807) is 18.2 Å². The Bertz CT molecular complexity index is 627. The molecule has 0 aliphatic carbocycles. The summed E-state index contributed by atoms with van der Waals surface area (Å²) in [7, 11) is 0. The summed E-state index contributed by atoms with van der Waals surface area (Å²) < 4.78 is 1.19. The van der Waals surface area contributed by atoms with Crippen molar-refractivity contribution in [2.24, 2.45) is 0 Å². The molecule has 0 radical (unpaired) electrons. The van der Waals surface area contributed by atoms with Crippen LogP contribution in [0.3, 0.4) is 0 Å². The van der Waals surface area contributed by atoms with Gasteiger partial charge < -0.3 is 0 Å². The molecule has 2 rings (SSSR count). The molecule has 0 amide bonds. The van der Waals surface area contributed by atoms with Gasteiger partial charge in [-0.3, -0.25) is 14.2 Å². The van der Waals surface area contributed by atoms with Crippen molar-refractivity contribution in [1.82, 2.24) is 4.57 Å². The first-order chi connectivity index (χ1) is 8.02. The average Bonchev–Trinajstić information content (AvgIpc) is 2.52. The number of hydrogen-bond donors (Lipinski definition) is 0. The monoisotopic (exact) mass is 307 g/mol. The molecule has 0 aliphatic heterocycles. The molecule has 0 spiro atoms. The first-order valence-corrected chi connectivity index (χ1v) is 6.31. The van der Waals surface area contributed by atoms with E-state index >= 15 is 0 Å². The van der Waals surface area contributed by atoms with E-state index in [9.17, 15) is 9.59 Å². The molecule has 0 N–H and O–H groups in total. The molecule has 88 valence electrons. The predicted molar refractivity (Wildman–Crippen MR) is 70.3 cm³/mol. The topological polar surface area (TPSA) is 39.1 Å². The Hall–Kier alpha value is -0.810. The fraction of sp³-hybridized carbons (Fsp3) is 0. The first kappa shape index (κ1) is 12.6. The molecule has 7 heteroatoms. The summed E-state index contributed by atoms with van der Waals surface area (Å²) in [6.45, 7) is 0. The second-order valence-corrected chi connectivity index (χ2v) is 5.33. The number of aldehydes is 1. The molecule has 0 saturated carbocycles. The van der Waals surface area contributed by atoms with Gasteiger partial charge in [0.2, 0.25) is 0 Å². The van der Waals surface area contributed by atoms with Crippen LogP contribution in [0.15, 0.2) is 23.0 Å². The lowest BCUT2D eigenvalue weighted by Gasteiger charge is -2.04. The number of aromatic nitrogens is 1.